The summed E-state index contributed by atoms with van der Waals surface area (Å²) in [5.74, 6) is 2.41. The van der Waals surface area contributed by atoms with Gasteiger partial charge in [-0.05, 0) is 74.3 Å². The van der Waals surface area contributed by atoms with E-state index in [1.807, 2.05) is 12.1 Å². The Hall–Kier alpha value is -3.20. The minimum atomic E-state index is 0.370. The van der Waals surface area contributed by atoms with Crippen molar-refractivity contribution in [1.82, 2.24) is 10.2 Å². The molecule has 1 aromatic heterocycles. The largest absolute Gasteiger partial charge is 0.420 e. The van der Waals surface area contributed by atoms with E-state index in [2.05, 4.69) is 84.7 Å². The van der Waals surface area contributed by atoms with E-state index in [0.29, 0.717) is 17.7 Å². The molecule has 0 spiro atoms. The van der Waals surface area contributed by atoms with Crippen LogP contribution in [0.15, 0.2) is 77.2 Å². The molecule has 0 bridgehead atoms. The standard InChI is InChI=1S/C28H28N2O/c1-19-3-7-21(8-4-19)22-11-13-23(14-12-22)24-15-17-26(18-16-24)28-30-29-27(31-28)25-9-5-20(2)6-10-25/h3-14,24,26H,15-18H2,1-2H3. The van der Waals surface area contributed by atoms with Gasteiger partial charge in [0.15, 0.2) is 0 Å². The summed E-state index contributed by atoms with van der Waals surface area (Å²) in [7, 11) is 0. The van der Waals surface area contributed by atoms with Crippen LogP contribution in [0.4, 0.5) is 0 Å². The summed E-state index contributed by atoms with van der Waals surface area (Å²) in [5.41, 5.74) is 7.53. The Labute approximate surface area is 184 Å². The quantitative estimate of drug-likeness (QED) is 0.352. The SMILES string of the molecule is Cc1ccc(-c2ccc(C3CCC(c4nnc(-c5ccc(C)cc5)o4)CC3)cc2)cc1. The van der Waals surface area contributed by atoms with Gasteiger partial charge in [-0.2, -0.15) is 0 Å². The van der Waals surface area contributed by atoms with Gasteiger partial charge in [0.2, 0.25) is 11.8 Å². The Balaban J connectivity index is 1.22. The van der Waals surface area contributed by atoms with Crippen molar-refractivity contribution < 1.29 is 4.42 Å². The molecule has 0 atom stereocenters. The highest BCUT2D eigenvalue weighted by molar-refractivity contribution is 5.64. The molecule has 3 aromatic carbocycles. The maximum Gasteiger partial charge on any atom is 0.247 e. The van der Waals surface area contributed by atoms with E-state index in [1.54, 1.807) is 0 Å². The van der Waals surface area contributed by atoms with Crippen LogP contribution in [0.5, 0.6) is 0 Å². The van der Waals surface area contributed by atoms with Crippen molar-refractivity contribution in [2.75, 3.05) is 0 Å². The molecule has 0 radical (unpaired) electrons. The van der Waals surface area contributed by atoms with Gasteiger partial charge in [0.25, 0.3) is 0 Å². The van der Waals surface area contributed by atoms with Crippen molar-refractivity contribution >= 4 is 0 Å². The van der Waals surface area contributed by atoms with Crippen LogP contribution in [-0.4, -0.2) is 10.2 Å². The smallest absolute Gasteiger partial charge is 0.247 e. The van der Waals surface area contributed by atoms with Crippen LogP contribution < -0.4 is 0 Å². The van der Waals surface area contributed by atoms with Crippen molar-refractivity contribution in [3.05, 3.63) is 95.4 Å². The third kappa shape index (κ3) is 4.32. The lowest BCUT2D eigenvalue weighted by Gasteiger charge is -2.27. The Morgan fingerprint density at radius 3 is 1.65 bits per heavy atom. The number of benzene rings is 3. The normalized spacial score (nSPS) is 18.8. The van der Waals surface area contributed by atoms with E-state index >= 15 is 0 Å². The predicted molar refractivity (Wildman–Crippen MR) is 125 cm³/mol. The van der Waals surface area contributed by atoms with Gasteiger partial charge in [0.1, 0.15) is 0 Å². The Morgan fingerprint density at radius 1 is 0.581 bits per heavy atom. The summed E-state index contributed by atoms with van der Waals surface area (Å²) in [6.07, 6.45) is 4.52. The minimum absolute atomic E-state index is 0.370. The first-order chi connectivity index (χ1) is 15.2. The van der Waals surface area contributed by atoms with Gasteiger partial charge in [-0.15, -0.1) is 10.2 Å². The average Bonchev–Trinajstić information content (AvgIpc) is 3.31. The molecule has 1 aliphatic carbocycles. The average molecular weight is 409 g/mol. The maximum absolute atomic E-state index is 6.04. The molecule has 3 nitrogen and oxygen atoms in total. The molecule has 0 saturated heterocycles. The second kappa shape index (κ2) is 8.50. The fourth-order valence-electron chi connectivity index (χ4n) is 4.58. The zero-order valence-corrected chi connectivity index (χ0v) is 18.2. The van der Waals surface area contributed by atoms with Crippen LogP contribution in [0, 0.1) is 13.8 Å². The second-order valence-corrected chi connectivity index (χ2v) is 8.85. The fourth-order valence-corrected chi connectivity index (χ4v) is 4.58. The Morgan fingerprint density at radius 2 is 1.06 bits per heavy atom. The molecule has 1 saturated carbocycles. The van der Waals surface area contributed by atoms with Crippen molar-refractivity contribution in [2.24, 2.45) is 0 Å². The topological polar surface area (TPSA) is 38.9 Å². The highest BCUT2D eigenvalue weighted by Crippen LogP contribution is 2.41. The van der Waals surface area contributed by atoms with Gasteiger partial charge in [-0.25, -0.2) is 0 Å². The van der Waals surface area contributed by atoms with Crippen LogP contribution in [0.1, 0.15) is 60.1 Å². The van der Waals surface area contributed by atoms with Crippen LogP contribution in [-0.2, 0) is 0 Å². The van der Waals surface area contributed by atoms with Crippen LogP contribution in [0.25, 0.3) is 22.6 Å². The van der Waals surface area contributed by atoms with Gasteiger partial charge in [-0.1, -0.05) is 71.8 Å². The first-order valence-corrected chi connectivity index (χ1v) is 11.2. The summed E-state index contributed by atoms with van der Waals surface area (Å²) >= 11 is 0. The summed E-state index contributed by atoms with van der Waals surface area (Å²) in [6, 6.07) is 26.1. The van der Waals surface area contributed by atoms with Crippen molar-refractivity contribution in [2.45, 2.75) is 51.4 Å². The van der Waals surface area contributed by atoms with Gasteiger partial charge in [-0.3, -0.25) is 0 Å². The molecule has 31 heavy (non-hydrogen) atoms. The monoisotopic (exact) mass is 408 g/mol. The van der Waals surface area contributed by atoms with Crippen LogP contribution in [0.3, 0.4) is 0 Å². The maximum atomic E-state index is 6.04. The number of hydrogen-bond acceptors (Lipinski definition) is 3. The molecule has 0 amide bonds. The molecular formula is C28H28N2O. The highest BCUT2D eigenvalue weighted by atomic mass is 16.4. The summed E-state index contributed by atoms with van der Waals surface area (Å²) in [4.78, 5) is 0. The molecule has 4 aromatic rings. The Bertz CT molecular complexity index is 1130. The molecule has 3 heteroatoms. The van der Waals surface area contributed by atoms with E-state index in [9.17, 15) is 0 Å². The number of aryl methyl sites for hydroxylation is 2. The first kappa shape index (κ1) is 19.7. The van der Waals surface area contributed by atoms with E-state index in [-0.39, 0.29) is 0 Å². The van der Waals surface area contributed by atoms with E-state index < -0.39 is 0 Å². The van der Waals surface area contributed by atoms with Crippen molar-refractivity contribution in [1.29, 1.82) is 0 Å². The molecule has 0 N–H and O–H groups in total. The summed E-state index contributed by atoms with van der Waals surface area (Å²) in [5, 5.41) is 8.67. The number of aromatic nitrogens is 2. The highest BCUT2D eigenvalue weighted by Gasteiger charge is 2.27. The molecule has 5 rings (SSSR count). The third-order valence-corrected chi connectivity index (χ3v) is 6.58. The van der Waals surface area contributed by atoms with E-state index in [0.717, 1.165) is 37.1 Å². The second-order valence-electron chi connectivity index (χ2n) is 8.85. The zero-order chi connectivity index (χ0) is 21.2. The molecular weight excluding hydrogens is 380 g/mol. The molecule has 156 valence electrons. The summed E-state index contributed by atoms with van der Waals surface area (Å²) < 4.78 is 6.04. The molecule has 1 aliphatic rings. The summed E-state index contributed by atoms with van der Waals surface area (Å²) in [6.45, 7) is 4.21. The van der Waals surface area contributed by atoms with Crippen molar-refractivity contribution in [3.63, 3.8) is 0 Å². The van der Waals surface area contributed by atoms with Gasteiger partial charge >= 0.3 is 0 Å². The molecule has 1 heterocycles. The lowest BCUT2D eigenvalue weighted by atomic mass is 9.78. The zero-order valence-electron chi connectivity index (χ0n) is 18.2. The lowest BCUT2D eigenvalue weighted by Crippen LogP contribution is -2.12. The van der Waals surface area contributed by atoms with Gasteiger partial charge < -0.3 is 4.42 Å². The van der Waals surface area contributed by atoms with E-state index in [4.69, 9.17) is 4.42 Å². The number of nitrogens with zero attached hydrogens (tertiary/aromatic N) is 2. The number of hydrogen-bond donors (Lipinski definition) is 0. The molecule has 0 unspecified atom stereocenters. The fraction of sp³-hybridized carbons (Fsp3) is 0.286. The first-order valence-electron chi connectivity index (χ1n) is 11.2. The minimum Gasteiger partial charge on any atom is -0.420 e. The predicted octanol–water partition coefficient (Wildman–Crippen LogP) is 7.46. The molecule has 0 aliphatic heterocycles. The van der Waals surface area contributed by atoms with Crippen molar-refractivity contribution in [3.8, 4) is 22.6 Å². The third-order valence-electron chi connectivity index (χ3n) is 6.58. The van der Waals surface area contributed by atoms with Gasteiger partial charge in [0.05, 0.1) is 0 Å². The van der Waals surface area contributed by atoms with E-state index in [1.165, 1.54) is 27.8 Å². The van der Waals surface area contributed by atoms with Gasteiger partial charge in [0, 0.05) is 11.5 Å². The lowest BCUT2D eigenvalue weighted by molar-refractivity contribution is 0.341. The number of rotatable bonds is 4. The van der Waals surface area contributed by atoms with Crippen LogP contribution >= 0.6 is 0 Å². The Kier molecular flexibility index (Phi) is 5.42. The molecule has 1 fully saturated rings. The van der Waals surface area contributed by atoms with Crippen LogP contribution in [0.2, 0.25) is 0 Å².